The Morgan fingerprint density at radius 2 is 1.60 bits per heavy atom. The maximum atomic E-state index is 12.0. The Morgan fingerprint density at radius 1 is 1.00 bits per heavy atom. The van der Waals surface area contributed by atoms with E-state index in [9.17, 15) is 4.79 Å². The smallest absolute Gasteiger partial charge is 0.140 e. The minimum atomic E-state index is -0.0613. The van der Waals surface area contributed by atoms with E-state index in [4.69, 9.17) is 18.9 Å². The van der Waals surface area contributed by atoms with Gasteiger partial charge in [-0.05, 0) is 13.8 Å². The first-order chi connectivity index (χ1) is 9.69. The molecule has 5 heteroatoms. The lowest BCUT2D eigenvalue weighted by Crippen LogP contribution is -2.41. The van der Waals surface area contributed by atoms with Crippen molar-refractivity contribution in [1.82, 2.24) is 0 Å². The van der Waals surface area contributed by atoms with E-state index in [1.807, 2.05) is 20.8 Å². The summed E-state index contributed by atoms with van der Waals surface area (Å²) in [4.78, 5) is 12.0. The van der Waals surface area contributed by atoms with Gasteiger partial charge in [-0.25, -0.2) is 0 Å². The van der Waals surface area contributed by atoms with Crippen LogP contribution >= 0.6 is 0 Å². The summed E-state index contributed by atoms with van der Waals surface area (Å²) >= 11 is 0. The highest BCUT2D eigenvalue weighted by molar-refractivity contribution is 5.82. The fraction of sp³-hybridized carbons (Fsp3) is 0.933. The van der Waals surface area contributed by atoms with E-state index in [1.165, 1.54) is 0 Å². The fourth-order valence-corrected chi connectivity index (χ4v) is 2.32. The molecule has 1 aliphatic rings. The molecule has 1 aliphatic carbocycles. The molecule has 0 spiro atoms. The number of carbonyl (C=O) groups is 1. The van der Waals surface area contributed by atoms with Gasteiger partial charge in [0.25, 0.3) is 0 Å². The van der Waals surface area contributed by atoms with Crippen LogP contribution in [0.1, 0.15) is 33.6 Å². The Hall–Kier alpha value is -0.490. The van der Waals surface area contributed by atoms with Gasteiger partial charge in [0, 0.05) is 32.0 Å². The lowest BCUT2D eigenvalue weighted by molar-refractivity contribution is -0.141. The number of hydrogen-bond donors (Lipinski definition) is 0. The summed E-state index contributed by atoms with van der Waals surface area (Å²) in [5.41, 5.74) is 0. The first-order valence-corrected chi connectivity index (χ1v) is 7.60. The van der Waals surface area contributed by atoms with Gasteiger partial charge < -0.3 is 18.9 Å². The zero-order valence-electron chi connectivity index (χ0n) is 12.9. The molecule has 3 atom stereocenters. The lowest BCUT2D eigenvalue weighted by atomic mass is 9.85. The fourth-order valence-electron chi connectivity index (χ4n) is 2.32. The highest BCUT2D eigenvalue weighted by atomic mass is 16.5. The van der Waals surface area contributed by atoms with Crippen LogP contribution in [0.5, 0.6) is 0 Å². The van der Waals surface area contributed by atoms with Crippen molar-refractivity contribution in [3.05, 3.63) is 0 Å². The molecule has 20 heavy (non-hydrogen) atoms. The van der Waals surface area contributed by atoms with E-state index in [0.717, 1.165) is 6.42 Å². The third-order valence-corrected chi connectivity index (χ3v) is 3.54. The van der Waals surface area contributed by atoms with Crippen LogP contribution in [-0.2, 0) is 23.7 Å². The van der Waals surface area contributed by atoms with Gasteiger partial charge in [0.1, 0.15) is 5.78 Å². The Kier molecular flexibility index (Phi) is 9.02. The van der Waals surface area contributed by atoms with E-state index in [-0.39, 0.29) is 23.9 Å². The molecule has 0 heterocycles. The maximum Gasteiger partial charge on any atom is 0.140 e. The predicted molar refractivity (Wildman–Crippen MR) is 75.9 cm³/mol. The Balaban J connectivity index is 2.30. The van der Waals surface area contributed by atoms with Crippen molar-refractivity contribution in [3.8, 4) is 0 Å². The molecule has 1 saturated carbocycles. The largest absolute Gasteiger partial charge is 0.379 e. The van der Waals surface area contributed by atoms with Crippen molar-refractivity contribution in [1.29, 1.82) is 0 Å². The van der Waals surface area contributed by atoms with Crippen LogP contribution in [0.2, 0.25) is 0 Å². The minimum Gasteiger partial charge on any atom is -0.379 e. The van der Waals surface area contributed by atoms with E-state index < -0.39 is 0 Å². The van der Waals surface area contributed by atoms with Crippen molar-refractivity contribution < 1.29 is 23.7 Å². The number of rotatable bonds is 10. The van der Waals surface area contributed by atoms with Crippen LogP contribution < -0.4 is 0 Å². The number of carbonyl (C=O) groups excluding carboxylic acids is 1. The molecular weight excluding hydrogens is 260 g/mol. The van der Waals surface area contributed by atoms with Crippen molar-refractivity contribution in [3.63, 3.8) is 0 Å². The molecule has 118 valence electrons. The Bertz CT molecular complexity index is 269. The SMILES string of the molecule is CCOCCO[C@@H]1CC(=O)C(C)[C@@H](OCCOCC)C1. The summed E-state index contributed by atoms with van der Waals surface area (Å²) in [6, 6.07) is 0. The van der Waals surface area contributed by atoms with Gasteiger partial charge in [-0.1, -0.05) is 6.92 Å². The average Bonchev–Trinajstić information content (AvgIpc) is 2.44. The van der Waals surface area contributed by atoms with Gasteiger partial charge in [0.05, 0.1) is 38.6 Å². The zero-order valence-corrected chi connectivity index (χ0v) is 12.9. The third kappa shape index (κ3) is 6.31. The second kappa shape index (κ2) is 10.3. The second-order valence-electron chi connectivity index (χ2n) is 4.99. The van der Waals surface area contributed by atoms with Gasteiger partial charge in [0.2, 0.25) is 0 Å². The van der Waals surface area contributed by atoms with E-state index >= 15 is 0 Å². The van der Waals surface area contributed by atoms with Gasteiger partial charge in [0.15, 0.2) is 0 Å². The summed E-state index contributed by atoms with van der Waals surface area (Å²) < 4.78 is 22.0. The van der Waals surface area contributed by atoms with E-state index in [2.05, 4.69) is 0 Å². The van der Waals surface area contributed by atoms with Crippen LogP contribution in [-0.4, -0.2) is 57.6 Å². The van der Waals surface area contributed by atoms with Crippen LogP contribution in [0.25, 0.3) is 0 Å². The molecule has 1 unspecified atom stereocenters. The number of ketones is 1. The summed E-state index contributed by atoms with van der Waals surface area (Å²) in [6.45, 7) is 9.43. The van der Waals surface area contributed by atoms with Crippen molar-refractivity contribution in [2.75, 3.05) is 39.6 Å². The topological polar surface area (TPSA) is 54.0 Å². The third-order valence-electron chi connectivity index (χ3n) is 3.54. The molecule has 0 aliphatic heterocycles. The molecule has 1 fully saturated rings. The van der Waals surface area contributed by atoms with Crippen molar-refractivity contribution in [2.24, 2.45) is 5.92 Å². The summed E-state index contributed by atoms with van der Waals surface area (Å²) in [7, 11) is 0. The molecule has 1 rings (SSSR count). The molecule has 0 aromatic rings. The Morgan fingerprint density at radius 3 is 2.20 bits per heavy atom. The molecule has 0 saturated heterocycles. The first kappa shape index (κ1) is 17.6. The van der Waals surface area contributed by atoms with Crippen molar-refractivity contribution in [2.45, 2.75) is 45.8 Å². The van der Waals surface area contributed by atoms with Crippen LogP contribution in [0.15, 0.2) is 0 Å². The number of ether oxygens (including phenoxy) is 4. The zero-order chi connectivity index (χ0) is 14.8. The monoisotopic (exact) mass is 288 g/mol. The molecule has 0 radical (unpaired) electrons. The lowest BCUT2D eigenvalue weighted by Gasteiger charge is -2.33. The quantitative estimate of drug-likeness (QED) is 0.574. The summed E-state index contributed by atoms with van der Waals surface area (Å²) in [5.74, 6) is 0.169. The summed E-state index contributed by atoms with van der Waals surface area (Å²) in [5, 5.41) is 0. The van der Waals surface area contributed by atoms with Gasteiger partial charge in [-0.3, -0.25) is 4.79 Å². The van der Waals surface area contributed by atoms with E-state index in [0.29, 0.717) is 46.1 Å². The highest BCUT2D eigenvalue weighted by Gasteiger charge is 2.34. The number of hydrogen-bond acceptors (Lipinski definition) is 5. The summed E-state index contributed by atoms with van der Waals surface area (Å²) in [6.07, 6.45) is 1.15. The van der Waals surface area contributed by atoms with Crippen LogP contribution in [0.3, 0.4) is 0 Å². The first-order valence-electron chi connectivity index (χ1n) is 7.60. The van der Waals surface area contributed by atoms with Gasteiger partial charge in [-0.2, -0.15) is 0 Å². The predicted octanol–water partition coefficient (Wildman–Crippen LogP) is 1.83. The van der Waals surface area contributed by atoms with Gasteiger partial charge in [-0.15, -0.1) is 0 Å². The highest BCUT2D eigenvalue weighted by Crippen LogP contribution is 2.26. The molecule has 5 nitrogen and oxygen atoms in total. The van der Waals surface area contributed by atoms with Gasteiger partial charge >= 0.3 is 0 Å². The minimum absolute atomic E-state index is 0.0451. The van der Waals surface area contributed by atoms with E-state index in [1.54, 1.807) is 0 Å². The number of Topliss-reactive ketones (excluding diaryl/α,β-unsaturated/α-hetero) is 1. The average molecular weight is 288 g/mol. The molecular formula is C15H28O5. The molecule has 0 aromatic carbocycles. The van der Waals surface area contributed by atoms with Crippen molar-refractivity contribution >= 4 is 5.78 Å². The Labute approximate surface area is 121 Å². The molecule has 0 N–H and O–H groups in total. The standard InChI is InChI=1S/C15H28O5/c1-4-17-6-8-19-13-10-14(16)12(3)15(11-13)20-9-7-18-5-2/h12-13,15H,4-11H2,1-3H3/t12?,13-,15+/m1/s1. The molecule has 0 bridgehead atoms. The van der Waals surface area contributed by atoms with Crippen LogP contribution in [0, 0.1) is 5.92 Å². The molecule has 0 aromatic heterocycles. The normalized spacial score (nSPS) is 26.9. The maximum absolute atomic E-state index is 12.0. The second-order valence-corrected chi connectivity index (χ2v) is 4.99. The van der Waals surface area contributed by atoms with Crippen LogP contribution in [0.4, 0.5) is 0 Å². The molecule has 0 amide bonds.